The van der Waals surface area contributed by atoms with Crippen molar-refractivity contribution in [1.29, 1.82) is 0 Å². The number of piperidine rings is 1. The molecule has 1 aromatic carbocycles. The first-order valence-electron chi connectivity index (χ1n) is 9.40. The number of hydrogen-bond donors (Lipinski definition) is 1. The van der Waals surface area contributed by atoms with E-state index in [-0.39, 0.29) is 17.7 Å². The predicted octanol–water partition coefficient (Wildman–Crippen LogP) is 4.47. The minimum absolute atomic E-state index is 0.0953. The quantitative estimate of drug-likeness (QED) is 0.649. The van der Waals surface area contributed by atoms with Crippen LogP contribution in [0.15, 0.2) is 53.5 Å². The smallest absolute Gasteiger partial charge is 0.257 e. The molecule has 3 heterocycles. The number of furan rings is 1. The monoisotopic (exact) mass is 429 g/mol. The highest BCUT2D eigenvalue weighted by molar-refractivity contribution is 7.15. The van der Waals surface area contributed by atoms with Crippen LogP contribution in [-0.2, 0) is 11.2 Å². The standard InChI is InChI=1S/C21H20ClN3O3S/c22-17-5-3-14(4-6-17)10-18-11-23-21(29-18)24-19(26)15-2-1-8-25(12-15)20(27)16-7-9-28-13-16/h3-7,9,11,13,15H,1-2,8,10,12H2,(H,23,24,26). The zero-order chi connectivity index (χ0) is 20.2. The summed E-state index contributed by atoms with van der Waals surface area (Å²) in [5, 5.41) is 4.20. The third-order valence-electron chi connectivity index (χ3n) is 4.92. The number of hydrogen-bond acceptors (Lipinski definition) is 5. The number of nitrogens with zero attached hydrogens (tertiary/aromatic N) is 2. The van der Waals surface area contributed by atoms with Gasteiger partial charge in [0.05, 0.1) is 17.7 Å². The van der Waals surface area contributed by atoms with E-state index in [1.54, 1.807) is 17.2 Å². The summed E-state index contributed by atoms with van der Waals surface area (Å²) < 4.78 is 4.99. The lowest BCUT2D eigenvalue weighted by atomic mass is 9.97. The van der Waals surface area contributed by atoms with Gasteiger partial charge in [-0.25, -0.2) is 4.98 Å². The number of carbonyl (C=O) groups excluding carboxylic acids is 2. The third kappa shape index (κ3) is 4.86. The molecule has 4 rings (SSSR count). The molecule has 0 radical (unpaired) electrons. The van der Waals surface area contributed by atoms with E-state index < -0.39 is 0 Å². The van der Waals surface area contributed by atoms with Gasteiger partial charge < -0.3 is 14.6 Å². The van der Waals surface area contributed by atoms with Crippen LogP contribution < -0.4 is 5.32 Å². The van der Waals surface area contributed by atoms with Crippen molar-refractivity contribution in [2.45, 2.75) is 19.3 Å². The van der Waals surface area contributed by atoms with Gasteiger partial charge in [-0.2, -0.15) is 0 Å². The number of carbonyl (C=O) groups is 2. The maximum atomic E-state index is 12.7. The van der Waals surface area contributed by atoms with E-state index in [1.807, 2.05) is 24.3 Å². The fourth-order valence-corrected chi connectivity index (χ4v) is 4.38. The zero-order valence-electron chi connectivity index (χ0n) is 15.6. The molecular formula is C21H20ClN3O3S. The number of halogens is 1. The van der Waals surface area contributed by atoms with Crippen molar-refractivity contribution in [1.82, 2.24) is 9.88 Å². The molecule has 0 spiro atoms. The van der Waals surface area contributed by atoms with Crippen molar-refractivity contribution in [3.8, 4) is 0 Å². The molecule has 3 aromatic rings. The molecule has 0 saturated carbocycles. The van der Waals surface area contributed by atoms with E-state index in [0.29, 0.717) is 28.8 Å². The lowest BCUT2D eigenvalue weighted by molar-refractivity contribution is -0.121. The Labute approximate surface area is 177 Å². The number of nitrogens with one attached hydrogen (secondary N) is 1. The topological polar surface area (TPSA) is 75.4 Å². The second-order valence-corrected chi connectivity index (χ2v) is 8.58. The van der Waals surface area contributed by atoms with Crippen LogP contribution in [0.4, 0.5) is 5.13 Å². The van der Waals surface area contributed by atoms with Crippen molar-refractivity contribution in [2.75, 3.05) is 18.4 Å². The summed E-state index contributed by atoms with van der Waals surface area (Å²) in [7, 11) is 0. The average molecular weight is 430 g/mol. The van der Waals surface area contributed by atoms with E-state index in [2.05, 4.69) is 10.3 Å². The van der Waals surface area contributed by atoms with E-state index in [1.165, 1.54) is 23.9 Å². The van der Waals surface area contributed by atoms with Gasteiger partial charge in [-0.3, -0.25) is 9.59 Å². The summed E-state index contributed by atoms with van der Waals surface area (Å²) in [6.45, 7) is 1.05. The Morgan fingerprint density at radius 3 is 2.86 bits per heavy atom. The molecule has 1 aliphatic rings. The second-order valence-electron chi connectivity index (χ2n) is 7.03. The van der Waals surface area contributed by atoms with Gasteiger partial charge in [0.2, 0.25) is 5.91 Å². The number of benzene rings is 1. The van der Waals surface area contributed by atoms with Gasteiger partial charge >= 0.3 is 0 Å². The van der Waals surface area contributed by atoms with Gasteiger partial charge in [0.15, 0.2) is 5.13 Å². The Morgan fingerprint density at radius 2 is 2.10 bits per heavy atom. The largest absolute Gasteiger partial charge is 0.472 e. The molecule has 2 aromatic heterocycles. The third-order valence-corrected chi connectivity index (χ3v) is 6.09. The summed E-state index contributed by atoms with van der Waals surface area (Å²) in [6.07, 6.45) is 6.98. The van der Waals surface area contributed by atoms with Crippen molar-refractivity contribution in [2.24, 2.45) is 5.92 Å². The summed E-state index contributed by atoms with van der Waals surface area (Å²) in [6, 6.07) is 9.33. The first-order chi connectivity index (χ1) is 14.1. The van der Waals surface area contributed by atoms with Crippen LogP contribution in [0.25, 0.3) is 0 Å². The zero-order valence-corrected chi connectivity index (χ0v) is 17.2. The van der Waals surface area contributed by atoms with Crippen molar-refractivity contribution < 1.29 is 14.0 Å². The Kier molecular flexibility index (Phi) is 5.97. The highest BCUT2D eigenvalue weighted by atomic mass is 35.5. The van der Waals surface area contributed by atoms with Crippen LogP contribution >= 0.6 is 22.9 Å². The fourth-order valence-electron chi connectivity index (χ4n) is 3.40. The van der Waals surface area contributed by atoms with Gasteiger partial charge in [-0.05, 0) is 36.6 Å². The normalized spacial score (nSPS) is 16.6. The predicted molar refractivity (Wildman–Crippen MR) is 112 cm³/mol. The van der Waals surface area contributed by atoms with Crippen LogP contribution in [0.3, 0.4) is 0 Å². The van der Waals surface area contributed by atoms with E-state index in [0.717, 1.165) is 29.7 Å². The highest BCUT2D eigenvalue weighted by Gasteiger charge is 2.29. The van der Waals surface area contributed by atoms with Gasteiger partial charge in [0, 0.05) is 35.6 Å². The Morgan fingerprint density at radius 1 is 1.28 bits per heavy atom. The van der Waals surface area contributed by atoms with Crippen LogP contribution in [0.1, 0.15) is 33.6 Å². The molecule has 2 amide bonds. The highest BCUT2D eigenvalue weighted by Crippen LogP contribution is 2.25. The number of likely N-dealkylation sites (tertiary alicyclic amines) is 1. The molecular weight excluding hydrogens is 410 g/mol. The number of rotatable bonds is 5. The van der Waals surface area contributed by atoms with Crippen molar-refractivity contribution in [3.05, 3.63) is 70.1 Å². The molecule has 29 heavy (non-hydrogen) atoms. The number of thiazole rings is 1. The molecule has 8 heteroatoms. The van der Waals surface area contributed by atoms with Gasteiger partial charge in [-0.15, -0.1) is 11.3 Å². The van der Waals surface area contributed by atoms with Crippen LogP contribution in [-0.4, -0.2) is 34.8 Å². The first-order valence-corrected chi connectivity index (χ1v) is 10.6. The molecule has 1 saturated heterocycles. The van der Waals surface area contributed by atoms with Crippen LogP contribution in [0.2, 0.25) is 5.02 Å². The maximum absolute atomic E-state index is 12.7. The SMILES string of the molecule is O=C(Nc1ncc(Cc2ccc(Cl)cc2)s1)C1CCCN(C(=O)c2ccoc2)C1. The number of amides is 2. The molecule has 1 unspecified atom stereocenters. The maximum Gasteiger partial charge on any atom is 0.257 e. The minimum Gasteiger partial charge on any atom is -0.472 e. The van der Waals surface area contributed by atoms with E-state index in [4.69, 9.17) is 16.0 Å². The Bertz CT molecular complexity index is 985. The van der Waals surface area contributed by atoms with Crippen LogP contribution in [0.5, 0.6) is 0 Å². The van der Waals surface area contributed by atoms with Gasteiger partial charge in [0.25, 0.3) is 5.91 Å². The summed E-state index contributed by atoms with van der Waals surface area (Å²) in [5.74, 6) is -0.443. The van der Waals surface area contributed by atoms with Crippen molar-refractivity contribution in [3.63, 3.8) is 0 Å². The minimum atomic E-state index is -0.247. The van der Waals surface area contributed by atoms with Gasteiger partial charge in [-0.1, -0.05) is 23.7 Å². The van der Waals surface area contributed by atoms with Gasteiger partial charge in [0.1, 0.15) is 6.26 Å². The molecule has 150 valence electrons. The van der Waals surface area contributed by atoms with Crippen molar-refractivity contribution >= 4 is 39.9 Å². The molecule has 1 aliphatic heterocycles. The summed E-state index contributed by atoms with van der Waals surface area (Å²) in [5.41, 5.74) is 1.65. The lowest BCUT2D eigenvalue weighted by Gasteiger charge is -2.31. The summed E-state index contributed by atoms with van der Waals surface area (Å²) in [4.78, 5) is 32.3. The fraction of sp³-hybridized carbons (Fsp3) is 0.286. The molecule has 6 nitrogen and oxygen atoms in total. The number of aromatic nitrogens is 1. The molecule has 1 N–H and O–H groups in total. The molecule has 0 bridgehead atoms. The van der Waals surface area contributed by atoms with E-state index >= 15 is 0 Å². The molecule has 1 fully saturated rings. The second kappa shape index (κ2) is 8.80. The van der Waals surface area contributed by atoms with Crippen LogP contribution in [0, 0.1) is 5.92 Å². The van der Waals surface area contributed by atoms with E-state index in [9.17, 15) is 9.59 Å². The first kappa shape index (κ1) is 19.7. The number of anilines is 1. The Balaban J connectivity index is 1.34. The Hall–Kier alpha value is -2.64. The summed E-state index contributed by atoms with van der Waals surface area (Å²) >= 11 is 7.38. The molecule has 0 aliphatic carbocycles. The average Bonchev–Trinajstić information content (AvgIpc) is 3.42. The lowest BCUT2D eigenvalue weighted by Crippen LogP contribution is -2.43. The molecule has 1 atom stereocenters.